The molecule has 15 heavy (non-hydrogen) atoms. The van der Waals surface area contributed by atoms with Gasteiger partial charge in [0.2, 0.25) is 5.91 Å². The highest BCUT2D eigenvalue weighted by Gasteiger charge is 2.19. The van der Waals surface area contributed by atoms with Gasteiger partial charge < -0.3 is 5.32 Å². The first-order chi connectivity index (χ1) is 7.15. The van der Waals surface area contributed by atoms with Gasteiger partial charge in [-0.2, -0.15) is 25.3 Å². The van der Waals surface area contributed by atoms with Crippen LogP contribution in [-0.2, 0) is 4.79 Å². The van der Waals surface area contributed by atoms with Gasteiger partial charge in [0.1, 0.15) is 0 Å². The number of hydrogen-bond donors (Lipinski definition) is 3. The number of allylic oxidation sites excluding steroid dienone is 1. The summed E-state index contributed by atoms with van der Waals surface area (Å²) in [5.41, 5.74) is 2.36. The monoisotopic (exact) mass is 245 g/mol. The number of hydrogen-bond acceptors (Lipinski definition) is 3. The van der Waals surface area contributed by atoms with E-state index in [1.165, 1.54) is 5.57 Å². The van der Waals surface area contributed by atoms with E-state index in [9.17, 15) is 4.79 Å². The van der Waals surface area contributed by atoms with E-state index in [-0.39, 0.29) is 10.5 Å². The zero-order valence-corrected chi connectivity index (χ0v) is 10.9. The van der Waals surface area contributed by atoms with Crippen LogP contribution in [0.25, 0.3) is 0 Å². The predicted octanol–water partition coefficient (Wildman–Crippen LogP) is 2.57. The molecule has 1 aliphatic rings. The van der Waals surface area contributed by atoms with Crippen LogP contribution >= 0.6 is 25.3 Å². The molecule has 0 aromatic heterocycles. The molecule has 86 valence electrons. The fraction of sp³-hybridized carbons (Fsp3) is 0.727. The number of thiol groups is 2. The van der Waals surface area contributed by atoms with Crippen LogP contribution in [0, 0.1) is 0 Å². The summed E-state index contributed by atoms with van der Waals surface area (Å²) >= 11 is 8.45. The molecular formula is C11H19NOS2. The zero-order valence-electron chi connectivity index (χ0n) is 9.12. The second kappa shape index (κ2) is 6.48. The van der Waals surface area contributed by atoms with E-state index in [1.54, 1.807) is 7.05 Å². The standard InChI is InChI=1S/C11H19NOS2/c1-12-11(13)9-6-2-4-8(9)5-3-7-10(14)15/h10,14-15H,2-7H2,1H3,(H,12,13). The first kappa shape index (κ1) is 13.0. The van der Waals surface area contributed by atoms with Crippen LogP contribution in [0.1, 0.15) is 38.5 Å². The highest BCUT2D eigenvalue weighted by Crippen LogP contribution is 2.30. The van der Waals surface area contributed by atoms with Crippen molar-refractivity contribution >= 4 is 31.2 Å². The molecule has 0 heterocycles. The fourth-order valence-electron chi connectivity index (χ4n) is 2.01. The minimum atomic E-state index is 0.107. The van der Waals surface area contributed by atoms with Gasteiger partial charge in [0.25, 0.3) is 0 Å². The minimum Gasteiger partial charge on any atom is -0.355 e. The Morgan fingerprint density at radius 1 is 1.47 bits per heavy atom. The van der Waals surface area contributed by atoms with Crippen molar-refractivity contribution in [3.8, 4) is 0 Å². The Labute approximate surface area is 103 Å². The highest BCUT2D eigenvalue weighted by molar-refractivity contribution is 7.99. The average Bonchev–Trinajstić information content (AvgIpc) is 2.64. The summed E-state index contributed by atoms with van der Waals surface area (Å²) in [7, 11) is 1.70. The fourth-order valence-corrected chi connectivity index (χ4v) is 2.37. The molecule has 1 N–H and O–H groups in total. The maximum Gasteiger partial charge on any atom is 0.246 e. The first-order valence-corrected chi connectivity index (χ1v) is 6.47. The second-order valence-electron chi connectivity index (χ2n) is 3.89. The van der Waals surface area contributed by atoms with Crippen LogP contribution in [0.3, 0.4) is 0 Å². The molecule has 0 saturated carbocycles. The van der Waals surface area contributed by atoms with Crippen LogP contribution in [0.5, 0.6) is 0 Å². The Balaban J connectivity index is 2.47. The molecule has 0 aliphatic heterocycles. The van der Waals surface area contributed by atoms with Gasteiger partial charge in [0.05, 0.1) is 0 Å². The Bertz CT molecular complexity index is 261. The van der Waals surface area contributed by atoms with Gasteiger partial charge >= 0.3 is 0 Å². The van der Waals surface area contributed by atoms with Crippen LogP contribution in [-0.4, -0.2) is 17.5 Å². The number of amides is 1. The van der Waals surface area contributed by atoms with Crippen molar-refractivity contribution in [1.82, 2.24) is 5.32 Å². The molecule has 0 radical (unpaired) electrons. The Morgan fingerprint density at radius 3 is 2.80 bits per heavy atom. The summed E-state index contributed by atoms with van der Waals surface area (Å²) < 4.78 is 0.162. The van der Waals surface area contributed by atoms with Crippen molar-refractivity contribution in [1.29, 1.82) is 0 Å². The molecule has 0 saturated heterocycles. The molecule has 0 unspecified atom stereocenters. The molecule has 1 amide bonds. The van der Waals surface area contributed by atoms with Crippen molar-refractivity contribution in [3.63, 3.8) is 0 Å². The second-order valence-corrected chi connectivity index (χ2v) is 5.54. The molecule has 0 aromatic carbocycles. The predicted molar refractivity (Wildman–Crippen MR) is 70.6 cm³/mol. The lowest BCUT2D eigenvalue weighted by molar-refractivity contribution is -0.117. The van der Waals surface area contributed by atoms with Crippen LogP contribution in [0.15, 0.2) is 11.1 Å². The number of carbonyl (C=O) groups is 1. The van der Waals surface area contributed by atoms with E-state index in [2.05, 4.69) is 30.6 Å². The van der Waals surface area contributed by atoms with Crippen molar-refractivity contribution in [3.05, 3.63) is 11.1 Å². The van der Waals surface area contributed by atoms with E-state index in [0.29, 0.717) is 0 Å². The molecule has 0 bridgehead atoms. The Kier molecular flexibility index (Phi) is 5.61. The molecule has 1 rings (SSSR count). The lowest BCUT2D eigenvalue weighted by Gasteiger charge is -2.07. The Hall–Kier alpha value is -0.0900. The van der Waals surface area contributed by atoms with E-state index < -0.39 is 0 Å². The van der Waals surface area contributed by atoms with Crippen molar-refractivity contribution < 1.29 is 4.79 Å². The topological polar surface area (TPSA) is 29.1 Å². The summed E-state index contributed by atoms with van der Waals surface area (Å²) in [5.74, 6) is 0.107. The lowest BCUT2D eigenvalue weighted by atomic mass is 10.0. The van der Waals surface area contributed by atoms with E-state index in [1.807, 2.05) is 0 Å². The highest BCUT2D eigenvalue weighted by atomic mass is 32.2. The van der Waals surface area contributed by atoms with E-state index in [0.717, 1.165) is 44.1 Å². The molecule has 4 heteroatoms. The number of likely N-dealkylation sites (N-methyl/N-ethyl adjacent to an activating group) is 1. The van der Waals surface area contributed by atoms with Gasteiger partial charge in [-0.25, -0.2) is 0 Å². The summed E-state index contributed by atoms with van der Waals surface area (Å²) in [6, 6.07) is 0. The molecule has 2 nitrogen and oxygen atoms in total. The minimum absolute atomic E-state index is 0.107. The molecule has 0 spiro atoms. The van der Waals surface area contributed by atoms with E-state index >= 15 is 0 Å². The zero-order chi connectivity index (χ0) is 11.3. The maximum atomic E-state index is 11.5. The lowest BCUT2D eigenvalue weighted by Crippen LogP contribution is -2.19. The van der Waals surface area contributed by atoms with Gasteiger partial charge in [0, 0.05) is 17.2 Å². The van der Waals surface area contributed by atoms with Crippen molar-refractivity contribution in [2.45, 2.75) is 43.1 Å². The molecule has 0 aromatic rings. The SMILES string of the molecule is CNC(=O)C1=C(CCCC(S)S)CCC1. The van der Waals surface area contributed by atoms with Gasteiger partial charge in [-0.05, 0) is 38.5 Å². The van der Waals surface area contributed by atoms with Crippen LogP contribution < -0.4 is 5.32 Å². The van der Waals surface area contributed by atoms with E-state index in [4.69, 9.17) is 0 Å². The summed E-state index contributed by atoms with van der Waals surface area (Å²) in [5, 5.41) is 2.71. The van der Waals surface area contributed by atoms with Crippen molar-refractivity contribution in [2.75, 3.05) is 7.05 Å². The third-order valence-corrected chi connectivity index (χ3v) is 3.29. The number of nitrogens with one attached hydrogen (secondary N) is 1. The number of carbonyl (C=O) groups excluding carboxylic acids is 1. The molecule has 1 aliphatic carbocycles. The molecule has 0 atom stereocenters. The summed E-state index contributed by atoms with van der Waals surface area (Å²) in [6.45, 7) is 0. The quantitative estimate of drug-likeness (QED) is 0.504. The third-order valence-electron chi connectivity index (χ3n) is 2.77. The Morgan fingerprint density at radius 2 is 2.20 bits per heavy atom. The third kappa shape index (κ3) is 4.11. The van der Waals surface area contributed by atoms with Crippen LogP contribution in [0.2, 0.25) is 0 Å². The summed E-state index contributed by atoms with van der Waals surface area (Å²) in [4.78, 5) is 11.5. The maximum absolute atomic E-state index is 11.5. The number of rotatable bonds is 5. The van der Waals surface area contributed by atoms with Crippen molar-refractivity contribution in [2.24, 2.45) is 0 Å². The van der Waals surface area contributed by atoms with Gasteiger partial charge in [-0.3, -0.25) is 4.79 Å². The van der Waals surface area contributed by atoms with Crippen LogP contribution in [0.4, 0.5) is 0 Å². The average molecular weight is 245 g/mol. The first-order valence-electron chi connectivity index (χ1n) is 5.44. The van der Waals surface area contributed by atoms with Gasteiger partial charge in [-0.15, -0.1) is 0 Å². The van der Waals surface area contributed by atoms with Gasteiger partial charge in [-0.1, -0.05) is 5.57 Å². The smallest absolute Gasteiger partial charge is 0.246 e. The summed E-state index contributed by atoms with van der Waals surface area (Å²) in [6.07, 6.45) is 6.26. The molecular weight excluding hydrogens is 226 g/mol. The largest absolute Gasteiger partial charge is 0.355 e. The van der Waals surface area contributed by atoms with Gasteiger partial charge in [0.15, 0.2) is 0 Å². The normalized spacial score (nSPS) is 16.3. The molecule has 0 fully saturated rings.